The van der Waals surface area contributed by atoms with E-state index < -0.39 is 0 Å². The van der Waals surface area contributed by atoms with Crippen molar-refractivity contribution in [3.8, 4) is 0 Å². The van der Waals surface area contributed by atoms with Crippen LogP contribution < -0.4 is 11.1 Å². The van der Waals surface area contributed by atoms with Crippen LogP contribution >= 0.6 is 47.2 Å². The molecule has 1 aliphatic rings. The topological polar surface area (TPSA) is 81.1 Å². The van der Waals surface area contributed by atoms with Gasteiger partial charge in [-0.3, -0.25) is 0 Å². The van der Waals surface area contributed by atoms with Crippen LogP contribution in [0.15, 0.2) is 23.2 Å². The summed E-state index contributed by atoms with van der Waals surface area (Å²) in [6.45, 7) is 3.33. The first-order chi connectivity index (χ1) is 11.0. The third-order valence-corrected chi connectivity index (χ3v) is 4.43. The van der Waals surface area contributed by atoms with Crippen molar-refractivity contribution in [2.75, 3.05) is 0 Å². The largest absolute Gasteiger partial charge is 0.370 e. The van der Waals surface area contributed by atoms with Crippen molar-refractivity contribution < 1.29 is 0 Å². The second-order valence-electron chi connectivity index (χ2n) is 5.52. The molecule has 0 radical (unpaired) electrons. The maximum atomic E-state index is 6.20. The highest BCUT2D eigenvalue weighted by Gasteiger charge is 2.17. The molecular weight excluding hydrogens is 462 g/mol. The lowest BCUT2D eigenvalue weighted by Gasteiger charge is -2.16. The highest BCUT2D eigenvalue weighted by molar-refractivity contribution is 14.0. The molecule has 1 atom stereocenters. The molecule has 0 spiro atoms. The molecule has 3 rings (SSSR count). The van der Waals surface area contributed by atoms with Gasteiger partial charge in [-0.05, 0) is 31.0 Å². The average Bonchev–Trinajstić information content (AvgIpc) is 3.08. The minimum atomic E-state index is -0.0763. The molecule has 0 fully saturated rings. The molecule has 2 aromatic rings. The Labute approximate surface area is 167 Å². The summed E-state index contributed by atoms with van der Waals surface area (Å²) in [5.41, 5.74) is 6.88. The number of halogens is 3. The van der Waals surface area contributed by atoms with E-state index in [4.69, 9.17) is 28.9 Å². The van der Waals surface area contributed by atoms with E-state index in [1.165, 1.54) is 0 Å². The minimum absolute atomic E-state index is 0. The predicted octanol–water partition coefficient (Wildman–Crippen LogP) is 3.31. The number of nitrogens with two attached hydrogens (primary N) is 1. The molecule has 24 heavy (non-hydrogen) atoms. The fraction of sp³-hybridized carbons (Fsp3) is 0.400. The summed E-state index contributed by atoms with van der Waals surface area (Å²) in [5.74, 6) is 2.22. The van der Waals surface area contributed by atoms with Gasteiger partial charge in [-0.15, -0.1) is 34.2 Å². The quantitative estimate of drug-likeness (QED) is 0.399. The molecular formula is C15H19Cl2IN6. The number of aryl methyl sites for hydroxylation is 1. The van der Waals surface area contributed by atoms with Crippen LogP contribution in [-0.2, 0) is 19.5 Å². The summed E-state index contributed by atoms with van der Waals surface area (Å²) in [4.78, 5) is 4.35. The number of hydrogen-bond acceptors (Lipinski definition) is 3. The number of fused-ring (bicyclic) bond motifs is 1. The zero-order chi connectivity index (χ0) is 16.4. The van der Waals surface area contributed by atoms with E-state index in [0.717, 1.165) is 36.6 Å². The second-order valence-corrected chi connectivity index (χ2v) is 6.36. The molecule has 9 heteroatoms. The molecule has 2 heterocycles. The summed E-state index contributed by atoms with van der Waals surface area (Å²) < 4.78 is 2.11. The Hall–Kier alpha value is -1.06. The van der Waals surface area contributed by atoms with E-state index in [0.29, 0.717) is 22.5 Å². The van der Waals surface area contributed by atoms with Crippen molar-refractivity contribution in [1.29, 1.82) is 0 Å². The van der Waals surface area contributed by atoms with Gasteiger partial charge in [-0.1, -0.05) is 29.3 Å². The molecule has 1 aromatic heterocycles. The molecule has 1 aliphatic heterocycles. The number of rotatable bonds is 4. The van der Waals surface area contributed by atoms with E-state index in [-0.39, 0.29) is 30.0 Å². The Morgan fingerprint density at radius 2 is 2.21 bits per heavy atom. The smallest absolute Gasteiger partial charge is 0.189 e. The van der Waals surface area contributed by atoms with Crippen LogP contribution in [0.25, 0.3) is 0 Å². The number of guanidine groups is 1. The summed E-state index contributed by atoms with van der Waals surface area (Å²) in [7, 11) is 0. The van der Waals surface area contributed by atoms with Gasteiger partial charge in [0.05, 0.1) is 6.04 Å². The Morgan fingerprint density at radius 1 is 1.42 bits per heavy atom. The summed E-state index contributed by atoms with van der Waals surface area (Å²) in [6, 6.07) is 5.31. The number of hydrogen-bond donors (Lipinski definition) is 2. The van der Waals surface area contributed by atoms with E-state index in [2.05, 4.69) is 25.1 Å². The minimum Gasteiger partial charge on any atom is -0.370 e. The van der Waals surface area contributed by atoms with Crippen LogP contribution in [0, 0.1) is 0 Å². The van der Waals surface area contributed by atoms with E-state index in [1.807, 2.05) is 13.0 Å². The molecule has 1 aromatic carbocycles. The molecule has 0 amide bonds. The Bertz CT molecular complexity index is 746. The Morgan fingerprint density at radius 3 is 2.96 bits per heavy atom. The Balaban J connectivity index is 0.00000208. The Kier molecular flexibility index (Phi) is 6.70. The predicted molar refractivity (Wildman–Crippen MR) is 107 cm³/mol. The highest BCUT2D eigenvalue weighted by Crippen LogP contribution is 2.25. The van der Waals surface area contributed by atoms with Gasteiger partial charge in [0.2, 0.25) is 0 Å². The molecule has 1 unspecified atom stereocenters. The van der Waals surface area contributed by atoms with Crippen LogP contribution in [0.5, 0.6) is 0 Å². The normalized spacial score (nSPS) is 14.9. The standard InChI is InChI=1S/C15H18Cl2N6.HI/c1-9(11-5-4-10(16)7-12(11)17)20-15(18)19-8-14-22-21-13-3-2-6-23(13)14;/h4-5,7,9H,2-3,6,8H2,1H3,(H3,18,19,20);1H. The summed E-state index contributed by atoms with van der Waals surface area (Å²) in [5, 5.41) is 12.6. The van der Waals surface area contributed by atoms with Gasteiger partial charge in [0.15, 0.2) is 11.8 Å². The summed E-state index contributed by atoms with van der Waals surface area (Å²) >= 11 is 12.1. The molecule has 0 aliphatic carbocycles. The summed E-state index contributed by atoms with van der Waals surface area (Å²) in [6.07, 6.45) is 2.10. The first-order valence-corrected chi connectivity index (χ1v) is 8.22. The van der Waals surface area contributed by atoms with E-state index in [1.54, 1.807) is 12.1 Å². The van der Waals surface area contributed by atoms with Crippen molar-refractivity contribution in [2.45, 2.75) is 38.9 Å². The third-order valence-electron chi connectivity index (χ3n) is 3.87. The zero-order valence-electron chi connectivity index (χ0n) is 13.2. The number of nitrogens with one attached hydrogen (secondary N) is 1. The van der Waals surface area contributed by atoms with Crippen molar-refractivity contribution in [3.05, 3.63) is 45.5 Å². The van der Waals surface area contributed by atoms with Gasteiger partial charge in [-0.25, -0.2) is 4.99 Å². The number of benzene rings is 1. The van der Waals surface area contributed by atoms with Crippen LogP contribution in [-0.4, -0.2) is 20.7 Å². The molecule has 0 saturated heterocycles. The highest BCUT2D eigenvalue weighted by atomic mass is 127. The lowest BCUT2D eigenvalue weighted by atomic mass is 10.1. The molecule has 0 saturated carbocycles. The van der Waals surface area contributed by atoms with Gasteiger partial charge in [-0.2, -0.15) is 0 Å². The lowest BCUT2D eigenvalue weighted by molar-refractivity contribution is 0.678. The number of aromatic nitrogens is 3. The fourth-order valence-electron chi connectivity index (χ4n) is 2.68. The lowest BCUT2D eigenvalue weighted by Crippen LogP contribution is -2.34. The van der Waals surface area contributed by atoms with Gasteiger partial charge >= 0.3 is 0 Å². The van der Waals surface area contributed by atoms with Gasteiger partial charge in [0.25, 0.3) is 0 Å². The molecule has 3 N–H and O–H groups in total. The van der Waals surface area contributed by atoms with Gasteiger partial charge in [0, 0.05) is 23.0 Å². The van der Waals surface area contributed by atoms with Gasteiger partial charge in [0.1, 0.15) is 12.4 Å². The van der Waals surface area contributed by atoms with Crippen LogP contribution in [0.3, 0.4) is 0 Å². The monoisotopic (exact) mass is 480 g/mol. The van der Waals surface area contributed by atoms with Crippen molar-refractivity contribution >= 4 is 53.1 Å². The van der Waals surface area contributed by atoms with Crippen LogP contribution in [0.1, 0.15) is 36.6 Å². The molecule has 6 nitrogen and oxygen atoms in total. The van der Waals surface area contributed by atoms with Crippen molar-refractivity contribution in [3.63, 3.8) is 0 Å². The SMILES string of the molecule is CC(NC(N)=NCc1nnc2n1CCC2)c1ccc(Cl)cc1Cl.I. The number of aliphatic imine (C=N–C) groups is 1. The second kappa shape index (κ2) is 8.35. The third kappa shape index (κ3) is 4.31. The van der Waals surface area contributed by atoms with Crippen molar-refractivity contribution in [1.82, 2.24) is 20.1 Å². The van der Waals surface area contributed by atoms with E-state index >= 15 is 0 Å². The molecule has 130 valence electrons. The van der Waals surface area contributed by atoms with Crippen LogP contribution in [0.4, 0.5) is 0 Å². The maximum absolute atomic E-state index is 6.20. The first kappa shape index (κ1) is 19.3. The first-order valence-electron chi connectivity index (χ1n) is 7.47. The van der Waals surface area contributed by atoms with Crippen LogP contribution in [0.2, 0.25) is 10.0 Å². The zero-order valence-corrected chi connectivity index (χ0v) is 17.0. The van der Waals surface area contributed by atoms with Crippen molar-refractivity contribution in [2.24, 2.45) is 10.7 Å². The average molecular weight is 481 g/mol. The fourth-order valence-corrected chi connectivity index (χ4v) is 3.25. The van der Waals surface area contributed by atoms with E-state index in [9.17, 15) is 0 Å². The van der Waals surface area contributed by atoms with Gasteiger partial charge < -0.3 is 15.6 Å². The molecule has 0 bridgehead atoms. The maximum Gasteiger partial charge on any atom is 0.189 e. The number of nitrogens with zero attached hydrogens (tertiary/aromatic N) is 4.